The Morgan fingerprint density at radius 3 is 1.96 bits per heavy atom. The fourth-order valence-electron chi connectivity index (χ4n) is 1.89. The fourth-order valence-corrected chi connectivity index (χ4v) is 1.89. The van der Waals surface area contributed by atoms with E-state index in [1.165, 1.54) is 14.2 Å². The van der Waals surface area contributed by atoms with Gasteiger partial charge in [-0.3, -0.25) is 9.59 Å². The summed E-state index contributed by atoms with van der Waals surface area (Å²) in [5.41, 5.74) is 0.258. The second kappa shape index (κ2) is 8.64. The molecule has 0 saturated heterocycles. The smallest absolute Gasteiger partial charge is 0.320 e. The maximum Gasteiger partial charge on any atom is 0.320 e. The van der Waals surface area contributed by atoms with E-state index < -0.39 is 29.6 Å². The molecule has 0 aliphatic rings. The van der Waals surface area contributed by atoms with Crippen molar-refractivity contribution in [1.29, 1.82) is 0 Å². The third kappa shape index (κ3) is 6.38. The Balaban J connectivity index is 2.98. The van der Waals surface area contributed by atoms with E-state index in [2.05, 4.69) is 9.47 Å². The molecule has 1 unspecified atom stereocenters. The van der Waals surface area contributed by atoms with Gasteiger partial charge >= 0.3 is 11.9 Å². The molecule has 0 spiro atoms. The normalized spacial score (nSPS) is 12.8. The second-order valence-electron chi connectivity index (χ2n) is 6.03. The van der Waals surface area contributed by atoms with Crippen LogP contribution in [0.2, 0.25) is 0 Å². The Bertz CT molecular complexity index is 490. The van der Waals surface area contributed by atoms with Crippen molar-refractivity contribution < 1.29 is 28.8 Å². The first-order valence-electron chi connectivity index (χ1n) is 7.33. The molecule has 0 fully saturated rings. The molecule has 1 atom stereocenters. The predicted molar refractivity (Wildman–Crippen MR) is 83.2 cm³/mol. The lowest BCUT2D eigenvalue weighted by Gasteiger charge is -2.25. The van der Waals surface area contributed by atoms with Crippen LogP contribution in [0.5, 0.6) is 0 Å². The Kier molecular flexibility index (Phi) is 7.19. The lowest BCUT2D eigenvalue weighted by Crippen LogP contribution is -2.30. The number of esters is 2. The molecule has 23 heavy (non-hydrogen) atoms. The van der Waals surface area contributed by atoms with Gasteiger partial charge in [0, 0.05) is 6.42 Å². The maximum atomic E-state index is 11.9. The van der Waals surface area contributed by atoms with Crippen molar-refractivity contribution >= 4 is 11.9 Å². The van der Waals surface area contributed by atoms with E-state index in [4.69, 9.17) is 9.78 Å². The minimum absolute atomic E-state index is 0.0550. The quantitative estimate of drug-likeness (QED) is 0.332. The molecule has 1 aromatic rings. The lowest BCUT2D eigenvalue weighted by molar-refractivity contribution is -0.377. The van der Waals surface area contributed by atoms with E-state index in [0.29, 0.717) is 0 Å². The van der Waals surface area contributed by atoms with E-state index in [0.717, 1.165) is 5.56 Å². The van der Waals surface area contributed by atoms with Gasteiger partial charge in [0.15, 0.2) is 5.92 Å². The monoisotopic (exact) mass is 324 g/mol. The average Bonchev–Trinajstić information content (AvgIpc) is 2.53. The Hall–Kier alpha value is -1.92. The summed E-state index contributed by atoms with van der Waals surface area (Å²) < 4.78 is 9.36. The minimum atomic E-state index is -1.08. The van der Waals surface area contributed by atoms with Crippen molar-refractivity contribution in [1.82, 2.24) is 0 Å². The van der Waals surface area contributed by atoms with Gasteiger partial charge in [0.1, 0.15) is 6.10 Å². The van der Waals surface area contributed by atoms with E-state index in [1.807, 2.05) is 51.1 Å². The molecule has 0 amide bonds. The second-order valence-corrected chi connectivity index (χ2v) is 6.03. The van der Waals surface area contributed by atoms with Gasteiger partial charge in [0.05, 0.1) is 19.8 Å². The van der Waals surface area contributed by atoms with Crippen LogP contribution in [0.1, 0.15) is 38.9 Å². The Morgan fingerprint density at radius 1 is 1.00 bits per heavy atom. The Morgan fingerprint density at radius 2 is 1.52 bits per heavy atom. The van der Waals surface area contributed by atoms with Gasteiger partial charge < -0.3 is 9.47 Å². The number of methoxy groups -OCH3 is 2. The third-order valence-corrected chi connectivity index (χ3v) is 3.01. The largest absolute Gasteiger partial charge is 0.468 e. The van der Waals surface area contributed by atoms with Gasteiger partial charge in [-0.05, 0) is 26.3 Å². The summed E-state index contributed by atoms with van der Waals surface area (Å²) in [6.07, 6.45) is -0.557. The average molecular weight is 324 g/mol. The first-order valence-corrected chi connectivity index (χ1v) is 7.33. The van der Waals surface area contributed by atoms with Crippen molar-refractivity contribution in [3.8, 4) is 0 Å². The van der Waals surface area contributed by atoms with Gasteiger partial charge in [-0.25, -0.2) is 9.78 Å². The van der Waals surface area contributed by atoms with Gasteiger partial charge in [0.25, 0.3) is 0 Å². The van der Waals surface area contributed by atoms with Crippen molar-refractivity contribution in [3.63, 3.8) is 0 Å². The van der Waals surface area contributed by atoms with Crippen LogP contribution in [0.15, 0.2) is 30.3 Å². The van der Waals surface area contributed by atoms with Gasteiger partial charge in [0.2, 0.25) is 0 Å². The molecule has 0 saturated carbocycles. The van der Waals surface area contributed by atoms with E-state index in [1.54, 1.807) is 0 Å². The summed E-state index contributed by atoms with van der Waals surface area (Å²) in [5.74, 6) is -2.42. The summed E-state index contributed by atoms with van der Waals surface area (Å²) >= 11 is 0. The molecule has 0 bridgehead atoms. The van der Waals surface area contributed by atoms with Gasteiger partial charge in [-0.2, -0.15) is 0 Å². The zero-order chi connectivity index (χ0) is 17.5. The summed E-state index contributed by atoms with van der Waals surface area (Å²) in [7, 11) is 2.45. The van der Waals surface area contributed by atoms with Crippen LogP contribution >= 0.6 is 0 Å². The number of carbonyl (C=O) groups excluding carboxylic acids is 2. The molecule has 0 aliphatic carbocycles. The molecule has 6 heteroatoms. The highest BCUT2D eigenvalue weighted by atomic mass is 17.2. The number of benzene rings is 1. The van der Waals surface area contributed by atoms with E-state index in [-0.39, 0.29) is 6.42 Å². The summed E-state index contributed by atoms with van der Waals surface area (Å²) in [4.78, 5) is 34.6. The van der Waals surface area contributed by atoms with Crippen molar-refractivity contribution in [3.05, 3.63) is 35.9 Å². The highest BCUT2D eigenvalue weighted by molar-refractivity contribution is 5.94. The molecular weight excluding hydrogens is 300 g/mol. The van der Waals surface area contributed by atoms with Crippen LogP contribution in [-0.4, -0.2) is 31.8 Å². The summed E-state index contributed by atoms with van der Waals surface area (Å²) in [6.45, 7) is 5.52. The topological polar surface area (TPSA) is 71.1 Å². The number of carbonyl (C=O) groups is 2. The molecule has 0 aliphatic heterocycles. The van der Waals surface area contributed by atoms with Crippen LogP contribution in [0.3, 0.4) is 0 Å². The molecule has 1 aromatic carbocycles. The standard InChI is InChI=1S/C17H24O6/c1-17(2,3)23-22-14(12-9-7-6-8-10-12)11-13(15(18)20-4)16(19)21-5/h6-10,13-14H,11H2,1-5H3. The highest BCUT2D eigenvalue weighted by Gasteiger charge is 2.33. The lowest BCUT2D eigenvalue weighted by atomic mass is 9.97. The van der Waals surface area contributed by atoms with Crippen LogP contribution in [0.4, 0.5) is 0 Å². The van der Waals surface area contributed by atoms with E-state index >= 15 is 0 Å². The maximum absolute atomic E-state index is 11.9. The number of hydrogen-bond acceptors (Lipinski definition) is 6. The molecule has 0 aromatic heterocycles. The zero-order valence-electron chi connectivity index (χ0n) is 14.2. The SMILES string of the molecule is COC(=O)C(CC(OOC(C)(C)C)c1ccccc1)C(=O)OC. The first kappa shape index (κ1) is 19.1. The first-order chi connectivity index (χ1) is 10.8. The van der Waals surface area contributed by atoms with Gasteiger partial charge in [-0.15, -0.1) is 0 Å². The van der Waals surface area contributed by atoms with Crippen molar-refractivity contribution in [2.45, 2.75) is 38.9 Å². The van der Waals surface area contributed by atoms with E-state index in [9.17, 15) is 9.59 Å². The zero-order valence-corrected chi connectivity index (χ0v) is 14.2. The van der Waals surface area contributed by atoms with Gasteiger partial charge in [-0.1, -0.05) is 30.3 Å². The third-order valence-electron chi connectivity index (χ3n) is 3.01. The molecule has 0 heterocycles. The van der Waals surface area contributed by atoms with Crippen LogP contribution < -0.4 is 0 Å². The number of ether oxygens (including phenoxy) is 2. The number of hydrogen-bond donors (Lipinski definition) is 0. The van der Waals surface area contributed by atoms with Crippen LogP contribution in [0, 0.1) is 5.92 Å². The van der Waals surface area contributed by atoms with Crippen LogP contribution in [-0.2, 0) is 28.8 Å². The summed E-state index contributed by atoms with van der Waals surface area (Å²) in [5, 5.41) is 0. The molecular formula is C17H24O6. The van der Waals surface area contributed by atoms with Crippen molar-refractivity contribution in [2.75, 3.05) is 14.2 Å². The predicted octanol–water partition coefficient (Wildman–Crippen LogP) is 2.83. The van der Waals surface area contributed by atoms with Crippen molar-refractivity contribution in [2.24, 2.45) is 5.92 Å². The molecule has 0 N–H and O–H groups in total. The molecule has 0 radical (unpaired) electrons. The molecule has 128 valence electrons. The Labute approximate surface area is 136 Å². The fraction of sp³-hybridized carbons (Fsp3) is 0.529. The number of rotatable bonds is 7. The molecule has 6 nitrogen and oxygen atoms in total. The highest BCUT2D eigenvalue weighted by Crippen LogP contribution is 2.28. The molecule has 1 rings (SSSR count). The summed E-state index contributed by atoms with van der Waals surface area (Å²) in [6, 6.07) is 9.22. The minimum Gasteiger partial charge on any atom is -0.468 e. The van der Waals surface area contributed by atoms with Crippen LogP contribution in [0.25, 0.3) is 0 Å².